The van der Waals surface area contributed by atoms with Crippen molar-refractivity contribution < 1.29 is 4.79 Å². The summed E-state index contributed by atoms with van der Waals surface area (Å²) >= 11 is 0. The molecule has 2 rings (SSSR count). The highest BCUT2D eigenvalue weighted by Gasteiger charge is 2.20. The van der Waals surface area contributed by atoms with Gasteiger partial charge in [0.1, 0.15) is 0 Å². The molecule has 1 amide bonds. The number of benzene rings is 1. The number of nitrogens with zero attached hydrogens (tertiary/aromatic N) is 1. The van der Waals surface area contributed by atoms with Crippen LogP contribution < -0.4 is 5.32 Å². The number of nitrogens with one attached hydrogen (secondary N) is 1. The van der Waals surface area contributed by atoms with Crippen LogP contribution in [0, 0.1) is 0 Å². The van der Waals surface area contributed by atoms with E-state index in [-0.39, 0.29) is 11.9 Å². The Kier molecular flexibility index (Phi) is 3.25. The Hall–Kier alpha value is -1.35. The van der Waals surface area contributed by atoms with E-state index in [0.717, 1.165) is 13.0 Å². The van der Waals surface area contributed by atoms with E-state index in [0.29, 0.717) is 6.42 Å². The zero-order valence-corrected chi connectivity index (χ0v) is 9.86. The quantitative estimate of drug-likeness (QED) is 0.808. The molecule has 0 radical (unpaired) electrons. The Morgan fingerprint density at radius 1 is 1.38 bits per heavy atom. The van der Waals surface area contributed by atoms with Crippen molar-refractivity contribution >= 4 is 5.91 Å². The molecule has 86 valence electrons. The standard InChI is InChI=1S/C13H18N2O/c1-15(2)13(16)8-12-7-10-5-3-4-6-11(10)9-14-12/h3-6,12,14H,7-9H2,1-2H3. The molecule has 1 aromatic rings. The summed E-state index contributed by atoms with van der Waals surface area (Å²) in [6, 6.07) is 8.71. The number of carbonyl (C=O) groups is 1. The lowest BCUT2D eigenvalue weighted by atomic mass is 9.94. The van der Waals surface area contributed by atoms with E-state index in [2.05, 4.69) is 29.6 Å². The van der Waals surface area contributed by atoms with Crippen molar-refractivity contribution in [1.29, 1.82) is 0 Å². The summed E-state index contributed by atoms with van der Waals surface area (Å²) < 4.78 is 0. The zero-order valence-electron chi connectivity index (χ0n) is 9.86. The van der Waals surface area contributed by atoms with Gasteiger partial charge in [-0.25, -0.2) is 0 Å². The fraction of sp³-hybridized carbons (Fsp3) is 0.462. The van der Waals surface area contributed by atoms with Crippen LogP contribution >= 0.6 is 0 Å². The van der Waals surface area contributed by atoms with Crippen molar-refractivity contribution in [3.8, 4) is 0 Å². The van der Waals surface area contributed by atoms with Crippen molar-refractivity contribution in [3.05, 3.63) is 35.4 Å². The van der Waals surface area contributed by atoms with Crippen LogP contribution in [0.15, 0.2) is 24.3 Å². The van der Waals surface area contributed by atoms with Crippen molar-refractivity contribution in [3.63, 3.8) is 0 Å². The third-order valence-electron chi connectivity index (χ3n) is 3.09. The van der Waals surface area contributed by atoms with Gasteiger partial charge in [0.05, 0.1) is 0 Å². The van der Waals surface area contributed by atoms with E-state index in [4.69, 9.17) is 0 Å². The van der Waals surface area contributed by atoms with E-state index in [9.17, 15) is 4.79 Å². The summed E-state index contributed by atoms with van der Waals surface area (Å²) in [5.74, 6) is 0.192. The Bertz CT molecular complexity index is 387. The molecule has 0 aromatic heterocycles. The Balaban J connectivity index is 2.00. The highest BCUT2D eigenvalue weighted by Crippen LogP contribution is 2.17. The highest BCUT2D eigenvalue weighted by atomic mass is 16.2. The maximum Gasteiger partial charge on any atom is 0.223 e. The average Bonchev–Trinajstić information content (AvgIpc) is 2.28. The van der Waals surface area contributed by atoms with Crippen LogP contribution in [0.2, 0.25) is 0 Å². The first-order valence-corrected chi connectivity index (χ1v) is 5.67. The largest absolute Gasteiger partial charge is 0.349 e. The molecule has 16 heavy (non-hydrogen) atoms. The van der Waals surface area contributed by atoms with Gasteiger partial charge in [-0.05, 0) is 17.5 Å². The predicted octanol–water partition coefficient (Wildman–Crippen LogP) is 1.18. The number of carbonyl (C=O) groups excluding carboxylic acids is 1. The SMILES string of the molecule is CN(C)C(=O)CC1Cc2ccccc2CN1. The molecule has 0 spiro atoms. The molecule has 1 N–H and O–H groups in total. The molecule has 0 fully saturated rings. The molecule has 1 aliphatic rings. The molecule has 3 nitrogen and oxygen atoms in total. The maximum absolute atomic E-state index is 11.6. The molecule has 0 saturated carbocycles. The molecule has 0 aliphatic carbocycles. The van der Waals surface area contributed by atoms with E-state index in [1.807, 2.05) is 0 Å². The summed E-state index contributed by atoms with van der Waals surface area (Å²) in [5, 5.41) is 3.41. The molecule has 1 unspecified atom stereocenters. The van der Waals surface area contributed by atoms with Gasteiger partial charge in [-0.3, -0.25) is 4.79 Å². The lowest BCUT2D eigenvalue weighted by Crippen LogP contribution is -2.39. The molecule has 0 bridgehead atoms. The first-order valence-electron chi connectivity index (χ1n) is 5.67. The van der Waals surface area contributed by atoms with E-state index in [1.54, 1.807) is 19.0 Å². The van der Waals surface area contributed by atoms with Crippen LogP contribution in [0.4, 0.5) is 0 Å². The van der Waals surface area contributed by atoms with Crippen molar-refractivity contribution in [1.82, 2.24) is 10.2 Å². The third kappa shape index (κ3) is 2.42. The monoisotopic (exact) mass is 218 g/mol. The normalized spacial score (nSPS) is 19.0. The zero-order chi connectivity index (χ0) is 11.5. The first-order chi connectivity index (χ1) is 7.66. The molecular weight excluding hydrogens is 200 g/mol. The van der Waals surface area contributed by atoms with Gasteiger partial charge in [0.15, 0.2) is 0 Å². The van der Waals surface area contributed by atoms with Crippen LogP contribution in [0.25, 0.3) is 0 Å². The second-order valence-electron chi connectivity index (χ2n) is 4.54. The minimum Gasteiger partial charge on any atom is -0.349 e. The lowest BCUT2D eigenvalue weighted by molar-refractivity contribution is -0.129. The van der Waals surface area contributed by atoms with Gasteiger partial charge in [-0.2, -0.15) is 0 Å². The van der Waals surface area contributed by atoms with Crippen LogP contribution in [0.5, 0.6) is 0 Å². The van der Waals surface area contributed by atoms with Gasteiger partial charge < -0.3 is 10.2 Å². The van der Waals surface area contributed by atoms with Gasteiger partial charge in [0, 0.05) is 33.1 Å². The number of fused-ring (bicyclic) bond motifs is 1. The fourth-order valence-electron chi connectivity index (χ4n) is 2.06. The molecule has 0 saturated heterocycles. The fourth-order valence-corrected chi connectivity index (χ4v) is 2.06. The molecular formula is C13H18N2O. The van der Waals surface area contributed by atoms with Gasteiger partial charge in [-0.15, -0.1) is 0 Å². The lowest BCUT2D eigenvalue weighted by Gasteiger charge is -2.26. The summed E-state index contributed by atoms with van der Waals surface area (Å²) in [6.45, 7) is 0.877. The molecule has 1 atom stereocenters. The van der Waals surface area contributed by atoms with E-state index in [1.165, 1.54) is 11.1 Å². The number of hydrogen-bond acceptors (Lipinski definition) is 2. The smallest absolute Gasteiger partial charge is 0.223 e. The van der Waals surface area contributed by atoms with Crippen molar-refractivity contribution in [2.45, 2.75) is 25.4 Å². The second kappa shape index (κ2) is 4.66. The molecule has 1 heterocycles. The molecule has 3 heteroatoms. The van der Waals surface area contributed by atoms with E-state index < -0.39 is 0 Å². The molecule has 1 aromatic carbocycles. The summed E-state index contributed by atoms with van der Waals surface area (Å²) in [6.07, 6.45) is 1.54. The van der Waals surface area contributed by atoms with Crippen LogP contribution in [-0.2, 0) is 17.8 Å². The summed E-state index contributed by atoms with van der Waals surface area (Å²) in [7, 11) is 3.61. The van der Waals surface area contributed by atoms with Crippen LogP contribution in [0.1, 0.15) is 17.5 Å². The van der Waals surface area contributed by atoms with Crippen molar-refractivity contribution in [2.75, 3.05) is 14.1 Å². The maximum atomic E-state index is 11.6. The Labute approximate surface area is 96.5 Å². The van der Waals surface area contributed by atoms with Gasteiger partial charge in [-0.1, -0.05) is 24.3 Å². The summed E-state index contributed by atoms with van der Waals surface area (Å²) in [4.78, 5) is 13.3. The topological polar surface area (TPSA) is 32.3 Å². The van der Waals surface area contributed by atoms with Crippen LogP contribution in [-0.4, -0.2) is 30.9 Å². The van der Waals surface area contributed by atoms with Gasteiger partial charge in [0.25, 0.3) is 0 Å². The first kappa shape index (κ1) is 11.1. The minimum absolute atomic E-state index is 0.192. The van der Waals surface area contributed by atoms with Crippen molar-refractivity contribution in [2.24, 2.45) is 0 Å². The minimum atomic E-state index is 0.192. The summed E-state index contributed by atoms with van der Waals surface area (Å²) in [5.41, 5.74) is 2.73. The van der Waals surface area contributed by atoms with Gasteiger partial charge >= 0.3 is 0 Å². The van der Waals surface area contributed by atoms with E-state index >= 15 is 0 Å². The Morgan fingerprint density at radius 2 is 2.06 bits per heavy atom. The molecule has 1 aliphatic heterocycles. The van der Waals surface area contributed by atoms with Gasteiger partial charge in [0.2, 0.25) is 5.91 Å². The number of hydrogen-bond donors (Lipinski definition) is 1. The number of rotatable bonds is 2. The van der Waals surface area contributed by atoms with Crippen LogP contribution in [0.3, 0.4) is 0 Å². The second-order valence-corrected chi connectivity index (χ2v) is 4.54. The Morgan fingerprint density at radius 3 is 2.75 bits per heavy atom. The highest BCUT2D eigenvalue weighted by molar-refractivity contribution is 5.76. The number of amides is 1. The third-order valence-corrected chi connectivity index (χ3v) is 3.09. The predicted molar refractivity (Wildman–Crippen MR) is 64.1 cm³/mol. The average molecular weight is 218 g/mol.